The minimum atomic E-state index is -3.58. The van der Waals surface area contributed by atoms with Crippen molar-refractivity contribution in [2.24, 2.45) is 17.3 Å². The smallest absolute Gasteiger partial charge is 0.316 e. The first kappa shape index (κ1) is 39.4. The highest BCUT2D eigenvalue weighted by atomic mass is 32.2. The summed E-state index contributed by atoms with van der Waals surface area (Å²) in [4.78, 5) is 69.2. The summed E-state index contributed by atoms with van der Waals surface area (Å²) in [5, 5.41) is 11.1. The summed E-state index contributed by atoms with van der Waals surface area (Å²) in [6.45, 7) is 15.3. The van der Waals surface area contributed by atoms with E-state index in [2.05, 4.69) is 27.8 Å². The van der Waals surface area contributed by atoms with E-state index >= 15 is 0 Å². The number of Topliss-reactive ketones (excluding diaryl/α,β-unsaturated/α-hetero) is 1. The monoisotopic (exact) mass is 695 g/mol. The SMILES string of the molecule is C=CCNC(=O)C(=O)[C@H](CCCC)NC(=O)[C@@H]1[C@@H](C(C)C)CCN1C(=O)[C@@H](NC(=O)NC1([C@@H]2OCCS2(=O)=O)CCCCC1)C(C)(C)C. The molecule has 2 aliphatic heterocycles. The van der Waals surface area contributed by atoms with Crippen molar-refractivity contribution in [2.45, 2.75) is 128 Å². The Balaban J connectivity index is 1.86. The van der Waals surface area contributed by atoms with Gasteiger partial charge >= 0.3 is 6.03 Å². The fraction of sp³-hybridized carbons (Fsp3) is 0.794. The van der Waals surface area contributed by atoms with Crippen LogP contribution in [-0.4, -0.2) is 97.4 Å². The van der Waals surface area contributed by atoms with Crippen molar-refractivity contribution in [3.05, 3.63) is 12.7 Å². The molecular weight excluding hydrogens is 638 g/mol. The van der Waals surface area contributed by atoms with Crippen molar-refractivity contribution < 1.29 is 37.1 Å². The Kier molecular flexibility index (Phi) is 13.6. The standard InChI is InChI=1S/C34H57N5O8S/c1-8-10-14-24(26(40)29(42)35-18-9-2)36-28(41)25-23(22(3)4)15-19-39(25)30(43)27(33(5,6)7)37-32(44)38-34(16-12-11-13-17-34)31-47-20-21-48(31,45)46/h9,22-25,27,31H,2,8,10-21H2,1,3-7H3,(H,35,42)(H,36,41)(H2,37,38,44)/t23-,24+,25+,27-,31-/m1/s1. The first-order chi connectivity index (χ1) is 22.5. The van der Waals surface area contributed by atoms with Gasteiger partial charge < -0.3 is 30.9 Å². The number of rotatable bonds is 14. The normalized spacial score (nSPS) is 24.7. The van der Waals surface area contributed by atoms with Crippen LogP contribution in [0.3, 0.4) is 0 Å². The van der Waals surface area contributed by atoms with Crippen LogP contribution < -0.4 is 21.3 Å². The Hall–Kier alpha value is -3.00. The molecule has 5 atom stereocenters. The Morgan fingerprint density at radius 1 is 1.06 bits per heavy atom. The van der Waals surface area contributed by atoms with Gasteiger partial charge in [-0.05, 0) is 42.9 Å². The predicted molar refractivity (Wildman–Crippen MR) is 182 cm³/mol. The number of sulfone groups is 1. The van der Waals surface area contributed by atoms with Crippen LogP contribution in [-0.2, 0) is 33.8 Å². The largest absolute Gasteiger partial charge is 0.359 e. The summed E-state index contributed by atoms with van der Waals surface area (Å²) >= 11 is 0. The highest BCUT2D eigenvalue weighted by Crippen LogP contribution is 2.38. The van der Waals surface area contributed by atoms with Crippen LogP contribution >= 0.6 is 0 Å². The maximum Gasteiger partial charge on any atom is 0.316 e. The molecule has 4 N–H and O–H groups in total. The van der Waals surface area contributed by atoms with Gasteiger partial charge in [-0.1, -0.05) is 79.7 Å². The zero-order valence-corrected chi connectivity index (χ0v) is 30.4. The lowest BCUT2D eigenvalue weighted by atomic mass is 9.82. The summed E-state index contributed by atoms with van der Waals surface area (Å²) in [6.07, 6.45) is 6.87. The van der Waals surface area contributed by atoms with Gasteiger partial charge in [0.1, 0.15) is 12.1 Å². The number of amides is 5. The molecule has 0 aromatic carbocycles. The molecule has 3 aliphatic rings. The molecule has 13 nitrogen and oxygen atoms in total. The average Bonchev–Trinajstić information content (AvgIpc) is 3.63. The van der Waals surface area contributed by atoms with Crippen molar-refractivity contribution in [3.63, 3.8) is 0 Å². The molecule has 2 saturated heterocycles. The van der Waals surface area contributed by atoms with Gasteiger partial charge in [-0.3, -0.25) is 19.2 Å². The minimum Gasteiger partial charge on any atom is -0.359 e. The summed E-state index contributed by atoms with van der Waals surface area (Å²) in [6, 6.07) is -3.73. The molecule has 5 amide bonds. The maximum atomic E-state index is 14.4. The second-order valence-corrected chi connectivity index (χ2v) is 17.1. The summed E-state index contributed by atoms with van der Waals surface area (Å²) in [7, 11) is -3.58. The lowest BCUT2D eigenvalue weighted by Gasteiger charge is -2.42. The molecule has 272 valence electrons. The average molecular weight is 696 g/mol. The fourth-order valence-corrected chi connectivity index (χ4v) is 9.07. The Labute approximate surface area is 286 Å². The lowest BCUT2D eigenvalue weighted by molar-refractivity contribution is -0.144. The molecule has 3 rings (SSSR count). The maximum absolute atomic E-state index is 14.4. The van der Waals surface area contributed by atoms with Gasteiger partial charge in [0.15, 0.2) is 15.3 Å². The molecule has 2 heterocycles. The van der Waals surface area contributed by atoms with Gasteiger partial charge in [-0.15, -0.1) is 6.58 Å². The van der Waals surface area contributed by atoms with Crippen molar-refractivity contribution in [1.29, 1.82) is 0 Å². The number of ketones is 1. The van der Waals surface area contributed by atoms with Crippen LogP contribution in [0, 0.1) is 17.3 Å². The van der Waals surface area contributed by atoms with E-state index in [9.17, 15) is 32.4 Å². The van der Waals surface area contributed by atoms with Crippen molar-refractivity contribution in [3.8, 4) is 0 Å². The van der Waals surface area contributed by atoms with Gasteiger partial charge in [0.25, 0.3) is 5.91 Å². The molecule has 0 spiro atoms. The molecule has 48 heavy (non-hydrogen) atoms. The molecular formula is C34H57N5O8S. The van der Waals surface area contributed by atoms with Crippen LogP contribution in [0.2, 0.25) is 0 Å². The number of unbranched alkanes of at least 4 members (excludes halogenated alkanes) is 1. The van der Waals surface area contributed by atoms with E-state index in [0.29, 0.717) is 25.7 Å². The van der Waals surface area contributed by atoms with Crippen LogP contribution in [0.1, 0.15) is 99.3 Å². The zero-order chi connectivity index (χ0) is 35.9. The number of ether oxygens (including phenoxy) is 1. The Morgan fingerprint density at radius 2 is 1.73 bits per heavy atom. The second-order valence-electron chi connectivity index (χ2n) is 14.9. The van der Waals surface area contributed by atoms with Gasteiger partial charge in [-0.2, -0.15) is 0 Å². The fourth-order valence-electron chi connectivity index (χ4n) is 7.24. The highest BCUT2D eigenvalue weighted by molar-refractivity contribution is 7.92. The van der Waals surface area contributed by atoms with Crippen LogP contribution in [0.4, 0.5) is 4.79 Å². The number of nitrogens with one attached hydrogen (secondary N) is 4. The van der Waals surface area contributed by atoms with E-state index in [1.54, 1.807) is 0 Å². The number of hydrogen-bond acceptors (Lipinski definition) is 8. The van der Waals surface area contributed by atoms with E-state index in [0.717, 1.165) is 25.7 Å². The second kappa shape index (κ2) is 16.6. The highest BCUT2D eigenvalue weighted by Gasteiger charge is 2.52. The van der Waals surface area contributed by atoms with Crippen molar-refractivity contribution in [1.82, 2.24) is 26.2 Å². The number of carbonyl (C=O) groups excluding carboxylic acids is 5. The number of likely N-dealkylation sites (tertiary alicyclic amines) is 1. The van der Waals surface area contributed by atoms with Gasteiger partial charge in [0.05, 0.1) is 23.9 Å². The van der Waals surface area contributed by atoms with Gasteiger partial charge in [0.2, 0.25) is 17.6 Å². The third-order valence-electron chi connectivity index (χ3n) is 9.87. The van der Waals surface area contributed by atoms with Crippen LogP contribution in [0.25, 0.3) is 0 Å². The topological polar surface area (TPSA) is 180 Å². The predicted octanol–water partition coefficient (Wildman–Crippen LogP) is 2.59. The molecule has 14 heteroatoms. The number of carbonyl (C=O) groups is 5. The molecule has 0 aromatic rings. The van der Waals surface area contributed by atoms with Gasteiger partial charge in [0, 0.05) is 13.1 Å². The van der Waals surface area contributed by atoms with Crippen LogP contribution in [0.15, 0.2) is 12.7 Å². The first-order valence-corrected chi connectivity index (χ1v) is 19.2. The summed E-state index contributed by atoms with van der Waals surface area (Å²) in [5.41, 5.74) is -3.05. The molecule has 0 unspecified atom stereocenters. The van der Waals surface area contributed by atoms with E-state index < -0.39 is 73.9 Å². The van der Waals surface area contributed by atoms with E-state index in [1.165, 1.54) is 11.0 Å². The zero-order valence-electron chi connectivity index (χ0n) is 29.6. The Morgan fingerprint density at radius 3 is 2.27 bits per heavy atom. The minimum absolute atomic E-state index is 0.0168. The molecule has 1 aliphatic carbocycles. The Bertz CT molecular complexity index is 1300. The summed E-state index contributed by atoms with van der Waals surface area (Å²) in [5.74, 6) is -2.86. The number of nitrogens with zero attached hydrogens (tertiary/aromatic N) is 1. The van der Waals surface area contributed by atoms with E-state index in [1.807, 2.05) is 41.5 Å². The van der Waals surface area contributed by atoms with Crippen molar-refractivity contribution in [2.75, 3.05) is 25.4 Å². The lowest BCUT2D eigenvalue weighted by Crippen LogP contribution is -2.65. The van der Waals surface area contributed by atoms with E-state index in [4.69, 9.17) is 4.74 Å². The first-order valence-electron chi connectivity index (χ1n) is 17.4. The van der Waals surface area contributed by atoms with E-state index in [-0.39, 0.29) is 43.7 Å². The molecule has 0 aromatic heterocycles. The third-order valence-corrected chi connectivity index (χ3v) is 11.8. The van der Waals surface area contributed by atoms with Crippen molar-refractivity contribution >= 4 is 39.4 Å². The number of urea groups is 1. The number of hydrogen-bond donors (Lipinski definition) is 4. The molecule has 3 fully saturated rings. The quantitative estimate of drug-likeness (QED) is 0.158. The third kappa shape index (κ3) is 9.36. The molecule has 0 bridgehead atoms. The molecule has 1 saturated carbocycles. The summed E-state index contributed by atoms with van der Waals surface area (Å²) < 4.78 is 31.5. The van der Waals surface area contributed by atoms with Gasteiger partial charge in [-0.25, -0.2) is 13.2 Å². The molecule has 0 radical (unpaired) electrons. The van der Waals surface area contributed by atoms with Crippen LogP contribution in [0.5, 0.6) is 0 Å².